The van der Waals surface area contributed by atoms with Crippen LogP contribution >= 0.6 is 0 Å². The molecule has 0 aliphatic carbocycles. The monoisotopic (exact) mass is 958 g/mol. The predicted molar refractivity (Wildman–Crippen MR) is 253 cm³/mol. The summed E-state index contributed by atoms with van der Waals surface area (Å²) in [6, 6.07) is 15.1. The Kier molecular flexibility index (Phi) is 21.6. The van der Waals surface area contributed by atoms with Crippen molar-refractivity contribution in [1.29, 1.82) is 0 Å². The molecule has 374 valence electrons. The van der Waals surface area contributed by atoms with Gasteiger partial charge in [0, 0.05) is 12.8 Å². The number of ether oxygens (including phenoxy) is 2. The summed E-state index contributed by atoms with van der Waals surface area (Å²) >= 11 is 0. The number of nitrogens with two attached hydrogens (primary N) is 1. The minimum Gasteiger partial charge on any atom is -0.508 e. The van der Waals surface area contributed by atoms with E-state index in [-0.39, 0.29) is 25.2 Å². The molecule has 10 N–H and O–H groups in total. The highest BCUT2D eigenvalue weighted by Crippen LogP contribution is 2.14. The van der Waals surface area contributed by atoms with Crippen molar-refractivity contribution < 1.29 is 57.7 Å². The Morgan fingerprint density at radius 2 is 1.01 bits per heavy atom. The Morgan fingerprint density at radius 3 is 1.55 bits per heavy atom. The van der Waals surface area contributed by atoms with Crippen molar-refractivity contribution >= 4 is 53.4 Å². The predicted octanol–water partition coefficient (Wildman–Crippen LogP) is 1.56. The topological polar surface area (TPSA) is 303 Å². The Bertz CT molecular complexity index is 2230. The van der Waals surface area contributed by atoms with Crippen LogP contribution in [-0.2, 0) is 67.3 Å². The molecule has 3 rings (SSSR count). The number of aromatic hydroxyl groups is 1. The maximum Gasteiger partial charge on any atom is 0.408 e. The van der Waals surface area contributed by atoms with Crippen LogP contribution in [0.3, 0.4) is 0 Å². The van der Waals surface area contributed by atoms with Crippen molar-refractivity contribution in [3.63, 3.8) is 0 Å². The molecule has 3 aromatic rings. The second-order valence-electron chi connectivity index (χ2n) is 18.1. The third-order valence-electron chi connectivity index (χ3n) is 10.2. The van der Waals surface area contributed by atoms with Gasteiger partial charge >= 0.3 is 12.1 Å². The fourth-order valence-corrected chi connectivity index (χ4v) is 6.56. The summed E-state index contributed by atoms with van der Waals surface area (Å²) in [6.45, 7) is 12.2. The zero-order chi connectivity index (χ0) is 51.4. The van der Waals surface area contributed by atoms with Crippen LogP contribution in [0.2, 0.25) is 0 Å². The Balaban J connectivity index is 1.91. The lowest BCUT2D eigenvalue weighted by molar-refractivity contribution is -0.148. The van der Waals surface area contributed by atoms with Crippen LogP contribution in [0.5, 0.6) is 5.75 Å². The van der Waals surface area contributed by atoms with Gasteiger partial charge in [0.05, 0.1) is 13.0 Å². The molecular weight excluding hydrogens is 893 g/mol. The Hall–Kier alpha value is -7.51. The molecule has 0 aliphatic rings. The van der Waals surface area contributed by atoms with Gasteiger partial charge < -0.3 is 57.5 Å². The van der Waals surface area contributed by atoms with E-state index in [0.29, 0.717) is 16.7 Å². The molecule has 69 heavy (non-hydrogen) atoms. The number of nitrogens with one attached hydrogen (secondary N) is 7. The molecule has 0 heterocycles. The summed E-state index contributed by atoms with van der Waals surface area (Å²) in [6.07, 6.45) is -1.79. The fraction of sp³-hybridized carbons (Fsp3) is 0.449. The molecule has 20 heteroatoms. The van der Waals surface area contributed by atoms with Crippen LogP contribution in [0.25, 0.3) is 0 Å². The van der Waals surface area contributed by atoms with Gasteiger partial charge in [0.2, 0.25) is 41.4 Å². The first kappa shape index (κ1) is 55.8. The summed E-state index contributed by atoms with van der Waals surface area (Å²) in [5, 5.41) is 27.6. The number of carbonyl (C=O) groups is 9. The maximum atomic E-state index is 14.4. The van der Waals surface area contributed by atoms with E-state index in [9.17, 15) is 48.3 Å². The molecule has 3 aromatic carbocycles. The summed E-state index contributed by atoms with van der Waals surface area (Å²) < 4.78 is 10.8. The summed E-state index contributed by atoms with van der Waals surface area (Å²) in [5.74, 6) is -7.75. The lowest BCUT2D eigenvalue weighted by atomic mass is 9.99. The van der Waals surface area contributed by atoms with Crippen molar-refractivity contribution in [1.82, 2.24) is 37.2 Å². The van der Waals surface area contributed by atoms with Crippen LogP contribution in [0.15, 0.2) is 84.9 Å². The lowest BCUT2D eigenvalue weighted by Crippen LogP contribution is -2.61. The molecule has 0 saturated heterocycles. The van der Waals surface area contributed by atoms with E-state index < -0.39 is 120 Å². The van der Waals surface area contributed by atoms with E-state index in [1.54, 1.807) is 121 Å². The number of rotatable bonds is 24. The number of benzene rings is 3. The van der Waals surface area contributed by atoms with E-state index >= 15 is 0 Å². The first-order valence-corrected chi connectivity index (χ1v) is 22.5. The molecule has 0 bridgehead atoms. The number of hydrogen-bond acceptors (Lipinski definition) is 12. The highest BCUT2D eigenvalue weighted by Gasteiger charge is 2.36. The second kappa shape index (κ2) is 26.7. The molecule has 6 atom stereocenters. The Morgan fingerprint density at radius 1 is 0.551 bits per heavy atom. The first-order chi connectivity index (χ1) is 32.4. The van der Waals surface area contributed by atoms with Gasteiger partial charge in [-0.3, -0.25) is 38.4 Å². The van der Waals surface area contributed by atoms with Gasteiger partial charge in [-0.15, -0.1) is 0 Å². The van der Waals surface area contributed by atoms with Gasteiger partial charge in [-0.05, 0) is 68.4 Å². The third-order valence-corrected chi connectivity index (χ3v) is 10.2. The zero-order valence-corrected chi connectivity index (χ0v) is 40.3. The first-order valence-electron chi connectivity index (χ1n) is 22.5. The van der Waals surface area contributed by atoms with Gasteiger partial charge in [0.1, 0.15) is 54.2 Å². The largest absolute Gasteiger partial charge is 0.508 e. The maximum absolute atomic E-state index is 14.4. The highest BCUT2D eigenvalue weighted by molar-refractivity contribution is 5.98. The highest BCUT2D eigenvalue weighted by atomic mass is 16.6. The number of primary amides is 1. The molecule has 0 aromatic heterocycles. The van der Waals surface area contributed by atoms with E-state index in [1.165, 1.54) is 19.1 Å². The van der Waals surface area contributed by atoms with E-state index in [0.717, 1.165) is 0 Å². The minimum atomic E-state index is -1.68. The number of alkyl carbamates (subject to hydrolysis) is 1. The molecule has 0 unspecified atom stereocenters. The van der Waals surface area contributed by atoms with Gasteiger partial charge in [-0.1, -0.05) is 100 Å². The minimum absolute atomic E-state index is 0.0145. The molecule has 20 nitrogen and oxygen atoms in total. The average Bonchev–Trinajstić information content (AvgIpc) is 3.28. The average molecular weight is 959 g/mol. The van der Waals surface area contributed by atoms with Crippen LogP contribution < -0.4 is 43.0 Å². The number of amides is 8. The van der Waals surface area contributed by atoms with Crippen LogP contribution in [0.1, 0.15) is 78.5 Å². The van der Waals surface area contributed by atoms with E-state index in [4.69, 9.17) is 15.2 Å². The number of esters is 1. The van der Waals surface area contributed by atoms with E-state index in [1.807, 2.05) is 0 Å². The third kappa shape index (κ3) is 20.1. The normalized spacial score (nSPS) is 13.8. The SMILES string of the molecule is CC(C)[C@H](NC(=O)[C@H](CC(=O)OCc1ccccc1)NC(=O)[C@H](Cc1ccccc1)NC(=O)[C@@H](C)NC(=O)[C@H](Cc1ccc(O)cc1)NC(=O)OC(C)(C)C)C(=O)N[C@H](C(=O)NCC(N)=O)C(C)C. The molecular formula is C49H66N8O12. The van der Waals surface area contributed by atoms with Crippen LogP contribution in [0.4, 0.5) is 4.79 Å². The number of hydrogen-bond donors (Lipinski definition) is 9. The van der Waals surface area contributed by atoms with Gasteiger partial charge in [0.15, 0.2) is 0 Å². The molecule has 8 amide bonds. The number of phenols is 1. The lowest BCUT2D eigenvalue weighted by Gasteiger charge is -2.29. The molecule has 0 aliphatic heterocycles. The van der Waals surface area contributed by atoms with Crippen molar-refractivity contribution in [3.8, 4) is 5.75 Å². The number of carbonyl (C=O) groups excluding carboxylic acids is 9. The second-order valence-corrected chi connectivity index (χ2v) is 18.1. The Labute approximate surface area is 402 Å². The molecule has 0 fully saturated rings. The smallest absolute Gasteiger partial charge is 0.408 e. The van der Waals surface area contributed by atoms with Crippen molar-refractivity contribution in [2.45, 2.75) is 123 Å². The van der Waals surface area contributed by atoms with Crippen molar-refractivity contribution in [2.24, 2.45) is 17.6 Å². The fourth-order valence-electron chi connectivity index (χ4n) is 6.56. The summed E-state index contributed by atoms with van der Waals surface area (Å²) in [5.41, 5.74) is 6.07. The number of phenolic OH excluding ortho intramolecular Hbond substituents is 1. The molecule has 0 radical (unpaired) electrons. The van der Waals surface area contributed by atoms with Crippen molar-refractivity contribution in [2.75, 3.05) is 6.54 Å². The van der Waals surface area contributed by atoms with Gasteiger partial charge in [0.25, 0.3) is 0 Å². The van der Waals surface area contributed by atoms with Gasteiger partial charge in [-0.2, -0.15) is 0 Å². The van der Waals surface area contributed by atoms with Crippen LogP contribution in [0, 0.1) is 11.8 Å². The summed E-state index contributed by atoms with van der Waals surface area (Å²) in [7, 11) is 0. The van der Waals surface area contributed by atoms with E-state index in [2.05, 4.69) is 37.2 Å². The quantitative estimate of drug-likeness (QED) is 0.0579. The molecule has 0 spiro atoms. The van der Waals surface area contributed by atoms with Gasteiger partial charge in [-0.25, -0.2) is 4.79 Å². The van der Waals surface area contributed by atoms with Crippen LogP contribution in [-0.4, -0.2) is 107 Å². The summed E-state index contributed by atoms with van der Waals surface area (Å²) in [4.78, 5) is 120. The van der Waals surface area contributed by atoms with Crippen molar-refractivity contribution in [3.05, 3.63) is 102 Å². The standard InChI is InChI=1S/C49H66N8O12/c1-28(2)40(46(65)51-26-38(50)59)57-47(66)41(29(3)4)56-45(64)37(25-39(60)68-27-33-17-13-10-14-18-33)54-44(63)35(23-31-15-11-9-12-16-31)53-42(61)30(5)52-43(62)36(55-48(67)69-49(6,7)8)24-32-19-21-34(58)22-20-32/h9-22,28-30,35-37,40-41,58H,23-27H2,1-8H3,(H2,50,59)(H,51,65)(H,52,62)(H,53,61)(H,54,63)(H,55,67)(H,56,64)(H,57,66)/t30-,35+,36+,37+,40+,41+/m1/s1. The zero-order valence-electron chi connectivity index (χ0n) is 40.3. The molecule has 0 saturated carbocycles.